The van der Waals surface area contributed by atoms with Crippen LogP contribution in [0.5, 0.6) is 0 Å². The molecule has 8 nitrogen and oxygen atoms in total. The van der Waals surface area contributed by atoms with E-state index in [4.69, 9.17) is 14.8 Å². The molecule has 3 aliphatic rings. The van der Waals surface area contributed by atoms with Gasteiger partial charge in [-0.2, -0.15) is 5.10 Å². The number of ether oxygens (including phenoxy) is 1. The smallest absolute Gasteiger partial charge is 0.207 e. The summed E-state index contributed by atoms with van der Waals surface area (Å²) in [7, 11) is 4.25. The van der Waals surface area contributed by atoms with Crippen LogP contribution in [0.1, 0.15) is 17.7 Å². The number of hydrogen-bond donors (Lipinski definition) is 2. The van der Waals surface area contributed by atoms with Crippen molar-refractivity contribution in [1.82, 2.24) is 25.0 Å². The second-order valence-corrected chi connectivity index (χ2v) is 8.24. The lowest BCUT2D eigenvalue weighted by Gasteiger charge is -2.38. The fourth-order valence-corrected chi connectivity index (χ4v) is 4.53. The summed E-state index contributed by atoms with van der Waals surface area (Å²) in [5.41, 5.74) is 4.35. The zero-order valence-electron chi connectivity index (χ0n) is 17.7. The summed E-state index contributed by atoms with van der Waals surface area (Å²) in [6.45, 7) is 8.56. The Morgan fingerprint density at radius 3 is 2.87 bits per heavy atom. The number of nitrogens with two attached hydrogens (primary N) is 1. The summed E-state index contributed by atoms with van der Waals surface area (Å²) in [6.07, 6.45) is 7.08. The Balaban J connectivity index is 1.31. The number of likely N-dealkylation sites (N-methyl/N-ethyl adjacent to an activating group) is 1. The number of fused-ring (bicyclic) bond motifs is 1. The Hall–Kier alpha value is -2.68. The van der Waals surface area contributed by atoms with Gasteiger partial charge in [-0.3, -0.25) is 4.90 Å². The molecule has 2 fully saturated rings. The van der Waals surface area contributed by atoms with E-state index < -0.39 is 0 Å². The van der Waals surface area contributed by atoms with Crippen LogP contribution in [0, 0.1) is 0 Å². The van der Waals surface area contributed by atoms with Crippen LogP contribution in [-0.2, 0) is 11.3 Å². The highest BCUT2D eigenvalue weighted by atomic mass is 16.5. The summed E-state index contributed by atoms with van der Waals surface area (Å²) in [4.78, 5) is 9.63. The average Bonchev–Trinajstić information content (AvgIpc) is 3.39. The van der Waals surface area contributed by atoms with Crippen LogP contribution >= 0.6 is 0 Å². The summed E-state index contributed by atoms with van der Waals surface area (Å²) < 4.78 is 7.22. The van der Waals surface area contributed by atoms with Crippen LogP contribution in [0.15, 0.2) is 43.0 Å². The second kappa shape index (κ2) is 7.86. The van der Waals surface area contributed by atoms with Crippen molar-refractivity contribution in [1.29, 1.82) is 0 Å². The van der Waals surface area contributed by atoms with E-state index in [1.54, 1.807) is 0 Å². The van der Waals surface area contributed by atoms with E-state index >= 15 is 0 Å². The molecule has 8 heteroatoms. The first kappa shape index (κ1) is 19.3. The molecule has 0 radical (unpaired) electrons. The highest BCUT2D eigenvalue weighted by Gasteiger charge is 2.33. The molecule has 0 bridgehead atoms. The lowest BCUT2D eigenvalue weighted by atomic mass is 10.1. The molecule has 0 saturated carbocycles. The van der Waals surface area contributed by atoms with Crippen LogP contribution < -0.4 is 15.5 Å². The SMILES string of the molecule is C=CC1=C([NH2+]C)NCc2cn(-c3ccc(N4CCC(N(C)C5COC5)C4)cn3)nc21. The molecule has 2 aromatic rings. The third-order valence-electron chi connectivity index (χ3n) is 6.57. The number of quaternary nitrogens is 1. The van der Waals surface area contributed by atoms with Gasteiger partial charge in [0.2, 0.25) is 5.82 Å². The van der Waals surface area contributed by atoms with Gasteiger partial charge in [0.25, 0.3) is 0 Å². The van der Waals surface area contributed by atoms with Gasteiger partial charge in [0.05, 0.1) is 43.8 Å². The zero-order valence-corrected chi connectivity index (χ0v) is 17.7. The van der Waals surface area contributed by atoms with Gasteiger partial charge in [-0.15, -0.1) is 0 Å². The average molecular weight is 409 g/mol. The van der Waals surface area contributed by atoms with E-state index in [1.807, 2.05) is 24.0 Å². The van der Waals surface area contributed by atoms with Gasteiger partial charge in [0, 0.05) is 37.4 Å². The molecule has 1 atom stereocenters. The minimum Gasteiger partial charge on any atom is -0.378 e. The minimum atomic E-state index is 0.580. The van der Waals surface area contributed by atoms with Crippen LogP contribution in [0.4, 0.5) is 5.69 Å². The molecule has 5 heterocycles. The van der Waals surface area contributed by atoms with Gasteiger partial charge in [-0.05, 0) is 25.6 Å². The molecule has 0 amide bonds. The maximum Gasteiger partial charge on any atom is 0.207 e. The Morgan fingerprint density at radius 2 is 2.20 bits per heavy atom. The summed E-state index contributed by atoms with van der Waals surface area (Å²) >= 11 is 0. The molecular formula is C22H30N7O+. The molecule has 158 valence electrons. The predicted octanol–water partition coefficient (Wildman–Crippen LogP) is 0.328. The first-order valence-corrected chi connectivity index (χ1v) is 10.7. The normalized spacial score (nSPS) is 21.6. The zero-order chi connectivity index (χ0) is 20.7. The van der Waals surface area contributed by atoms with Crippen LogP contribution in [0.3, 0.4) is 0 Å². The van der Waals surface area contributed by atoms with Crippen LogP contribution in [-0.4, -0.2) is 72.1 Å². The molecular weight excluding hydrogens is 378 g/mol. The lowest BCUT2D eigenvalue weighted by Crippen LogP contribution is -2.80. The molecule has 0 spiro atoms. The van der Waals surface area contributed by atoms with Crippen molar-refractivity contribution >= 4 is 11.3 Å². The third kappa shape index (κ3) is 3.30. The number of pyridine rings is 1. The predicted molar refractivity (Wildman–Crippen MR) is 116 cm³/mol. The second-order valence-electron chi connectivity index (χ2n) is 8.24. The topological polar surface area (TPSA) is 75.1 Å². The lowest BCUT2D eigenvalue weighted by molar-refractivity contribution is -0.581. The fourth-order valence-electron chi connectivity index (χ4n) is 4.53. The van der Waals surface area contributed by atoms with Crippen LogP contribution in [0.2, 0.25) is 0 Å². The highest BCUT2D eigenvalue weighted by Crippen LogP contribution is 2.27. The Labute approximate surface area is 177 Å². The number of allylic oxidation sites excluding steroid dienone is 2. The molecule has 3 N–H and O–H groups in total. The van der Waals surface area contributed by atoms with Gasteiger partial charge < -0.3 is 20.3 Å². The molecule has 2 saturated heterocycles. The molecule has 2 aromatic heterocycles. The molecule has 1 unspecified atom stereocenters. The maximum atomic E-state index is 5.35. The van der Waals surface area contributed by atoms with E-state index in [-0.39, 0.29) is 0 Å². The summed E-state index contributed by atoms with van der Waals surface area (Å²) in [5.74, 6) is 1.91. The molecule has 0 aromatic carbocycles. The number of aromatic nitrogens is 3. The number of nitrogens with one attached hydrogen (secondary N) is 1. The number of rotatable bonds is 6. The monoisotopic (exact) mass is 408 g/mol. The van der Waals surface area contributed by atoms with Gasteiger partial charge in [-0.25, -0.2) is 9.67 Å². The Kier molecular flexibility index (Phi) is 5.06. The van der Waals surface area contributed by atoms with E-state index in [9.17, 15) is 0 Å². The van der Waals surface area contributed by atoms with Gasteiger partial charge in [-0.1, -0.05) is 12.7 Å². The molecule has 0 aliphatic carbocycles. The van der Waals surface area contributed by atoms with Crippen molar-refractivity contribution in [3.63, 3.8) is 0 Å². The molecule has 3 aliphatic heterocycles. The van der Waals surface area contributed by atoms with Crippen molar-refractivity contribution in [2.45, 2.75) is 25.0 Å². The van der Waals surface area contributed by atoms with E-state index in [0.717, 1.165) is 61.3 Å². The third-order valence-corrected chi connectivity index (χ3v) is 6.57. The van der Waals surface area contributed by atoms with Gasteiger partial charge >= 0.3 is 0 Å². The number of hydrogen-bond acceptors (Lipinski definition) is 6. The minimum absolute atomic E-state index is 0.580. The number of anilines is 1. The largest absolute Gasteiger partial charge is 0.378 e. The van der Waals surface area contributed by atoms with E-state index in [1.165, 1.54) is 12.1 Å². The first-order chi connectivity index (χ1) is 14.7. The molecule has 5 rings (SSSR count). The summed E-state index contributed by atoms with van der Waals surface area (Å²) in [6, 6.07) is 5.38. The standard InChI is InChI=1S/C22H29N7O/c1-4-19-21-15(9-25-22(19)23-2)11-29(26-21)20-6-5-16(10-24-20)28-8-7-17(12-28)27(3)18-13-30-14-18/h4-6,10-11,17-18,23,25H,1,7-9,12-14H2,2-3H3/p+1. The van der Waals surface area contributed by atoms with Crippen molar-refractivity contribution in [2.24, 2.45) is 0 Å². The Morgan fingerprint density at radius 1 is 1.33 bits per heavy atom. The van der Waals surface area contributed by atoms with Crippen molar-refractivity contribution in [3.8, 4) is 5.82 Å². The maximum absolute atomic E-state index is 5.35. The van der Waals surface area contributed by atoms with Crippen molar-refractivity contribution < 1.29 is 10.1 Å². The fraction of sp³-hybridized carbons (Fsp3) is 0.455. The van der Waals surface area contributed by atoms with E-state index in [2.05, 4.69) is 52.4 Å². The molecule has 30 heavy (non-hydrogen) atoms. The number of nitrogens with zero attached hydrogens (tertiary/aromatic N) is 5. The Bertz CT molecular complexity index is 960. The quantitative estimate of drug-likeness (QED) is 0.718. The summed E-state index contributed by atoms with van der Waals surface area (Å²) in [5, 5.41) is 10.3. The van der Waals surface area contributed by atoms with Gasteiger partial charge in [0.15, 0.2) is 5.82 Å². The first-order valence-electron chi connectivity index (χ1n) is 10.7. The van der Waals surface area contributed by atoms with E-state index in [0.29, 0.717) is 12.1 Å². The van der Waals surface area contributed by atoms with Gasteiger partial charge in [0.1, 0.15) is 5.69 Å². The van der Waals surface area contributed by atoms with Crippen molar-refractivity contribution in [3.05, 3.63) is 54.3 Å². The highest BCUT2D eigenvalue weighted by molar-refractivity contribution is 5.75. The van der Waals surface area contributed by atoms with Crippen molar-refractivity contribution in [2.75, 3.05) is 45.3 Å². The van der Waals surface area contributed by atoms with Crippen LogP contribution in [0.25, 0.3) is 11.4 Å².